The number of hydrogen-bond acceptors (Lipinski definition) is 5. The topological polar surface area (TPSA) is 84.1 Å². The van der Waals surface area contributed by atoms with Gasteiger partial charge in [-0.15, -0.1) is 10.2 Å². The lowest BCUT2D eigenvalue weighted by atomic mass is 10.2. The molecule has 21 heavy (non-hydrogen) atoms. The molecule has 1 N–H and O–H groups in total. The van der Waals surface area contributed by atoms with E-state index in [0.29, 0.717) is 23.9 Å². The molecule has 0 radical (unpaired) electrons. The number of hydrogen-bond donors (Lipinski definition) is 1. The van der Waals surface area contributed by atoms with Gasteiger partial charge in [0, 0.05) is 23.7 Å². The largest absolute Gasteiger partial charge is 0.395 e. The van der Waals surface area contributed by atoms with Crippen LogP contribution in [0, 0.1) is 0 Å². The monoisotopic (exact) mass is 309 g/mol. The molecule has 1 aromatic carbocycles. The van der Waals surface area contributed by atoms with Crippen LogP contribution in [0.3, 0.4) is 0 Å². The minimum absolute atomic E-state index is 0.00553. The molecule has 0 saturated heterocycles. The second-order valence-electron chi connectivity index (χ2n) is 4.35. The fourth-order valence-corrected chi connectivity index (χ4v) is 1.95. The predicted molar refractivity (Wildman–Crippen MR) is 77.6 cm³/mol. The highest BCUT2D eigenvalue weighted by atomic mass is 35.5. The molecule has 112 valence electrons. The third-order valence-electron chi connectivity index (χ3n) is 2.94. The van der Waals surface area contributed by atoms with Gasteiger partial charge in [-0.2, -0.15) is 4.80 Å². The average Bonchev–Trinajstić information content (AvgIpc) is 2.93. The molecule has 0 spiro atoms. The van der Waals surface area contributed by atoms with Gasteiger partial charge >= 0.3 is 0 Å². The van der Waals surface area contributed by atoms with Crippen molar-refractivity contribution in [3.05, 3.63) is 29.3 Å². The number of rotatable bonds is 6. The molecule has 0 aliphatic rings. The van der Waals surface area contributed by atoms with Crippen LogP contribution >= 0.6 is 11.6 Å². The van der Waals surface area contributed by atoms with Crippen molar-refractivity contribution in [1.29, 1.82) is 0 Å². The Bertz CT molecular complexity index is 599. The van der Waals surface area contributed by atoms with Crippen molar-refractivity contribution in [2.24, 2.45) is 0 Å². The fourth-order valence-electron chi connectivity index (χ4n) is 1.83. The van der Waals surface area contributed by atoms with Crippen molar-refractivity contribution in [2.45, 2.75) is 13.5 Å². The van der Waals surface area contributed by atoms with Crippen LogP contribution in [0.1, 0.15) is 6.92 Å². The Morgan fingerprint density at radius 3 is 2.71 bits per heavy atom. The van der Waals surface area contributed by atoms with E-state index in [0.717, 1.165) is 5.56 Å². The number of tetrazole rings is 1. The number of nitrogens with zero attached hydrogens (tertiary/aromatic N) is 5. The predicted octanol–water partition coefficient (Wildman–Crippen LogP) is 0.834. The van der Waals surface area contributed by atoms with E-state index >= 15 is 0 Å². The van der Waals surface area contributed by atoms with Gasteiger partial charge in [-0.05, 0) is 36.4 Å². The molecule has 2 aromatic rings. The second-order valence-corrected chi connectivity index (χ2v) is 4.78. The summed E-state index contributed by atoms with van der Waals surface area (Å²) in [6.07, 6.45) is 0. The molecule has 2 rings (SSSR count). The zero-order valence-corrected chi connectivity index (χ0v) is 12.4. The van der Waals surface area contributed by atoms with E-state index in [-0.39, 0.29) is 19.1 Å². The second kappa shape index (κ2) is 7.14. The number of carbonyl (C=O) groups is 1. The lowest BCUT2D eigenvalue weighted by Gasteiger charge is -2.18. The molecule has 0 fully saturated rings. The molecule has 0 aliphatic carbocycles. The molecule has 0 bridgehead atoms. The lowest BCUT2D eigenvalue weighted by Crippen LogP contribution is -2.36. The van der Waals surface area contributed by atoms with Crippen molar-refractivity contribution >= 4 is 17.5 Å². The van der Waals surface area contributed by atoms with Gasteiger partial charge in [0.2, 0.25) is 11.7 Å². The minimum Gasteiger partial charge on any atom is -0.395 e. The fraction of sp³-hybridized carbons (Fsp3) is 0.385. The number of aliphatic hydroxyl groups excluding tert-OH is 1. The summed E-state index contributed by atoms with van der Waals surface area (Å²) >= 11 is 5.82. The van der Waals surface area contributed by atoms with Gasteiger partial charge < -0.3 is 10.0 Å². The van der Waals surface area contributed by atoms with E-state index in [1.54, 1.807) is 24.3 Å². The zero-order chi connectivity index (χ0) is 15.2. The highest BCUT2D eigenvalue weighted by Crippen LogP contribution is 2.16. The Morgan fingerprint density at radius 1 is 1.38 bits per heavy atom. The molecule has 0 unspecified atom stereocenters. The van der Waals surface area contributed by atoms with Crippen molar-refractivity contribution in [2.75, 3.05) is 19.7 Å². The first-order chi connectivity index (χ1) is 10.1. The minimum atomic E-state index is -0.161. The van der Waals surface area contributed by atoms with E-state index in [4.69, 9.17) is 16.7 Å². The highest BCUT2D eigenvalue weighted by molar-refractivity contribution is 6.30. The summed E-state index contributed by atoms with van der Waals surface area (Å²) in [5.74, 6) is 0.274. The summed E-state index contributed by atoms with van der Waals surface area (Å²) in [4.78, 5) is 14.8. The maximum absolute atomic E-state index is 12.0. The maximum Gasteiger partial charge on any atom is 0.246 e. The van der Waals surface area contributed by atoms with E-state index in [9.17, 15) is 4.79 Å². The van der Waals surface area contributed by atoms with Crippen molar-refractivity contribution < 1.29 is 9.90 Å². The van der Waals surface area contributed by atoms with Crippen molar-refractivity contribution in [3.63, 3.8) is 0 Å². The van der Waals surface area contributed by atoms with Crippen LogP contribution in [0.15, 0.2) is 24.3 Å². The number of halogens is 1. The average molecular weight is 310 g/mol. The van der Waals surface area contributed by atoms with Crippen LogP contribution in [-0.2, 0) is 11.3 Å². The normalized spacial score (nSPS) is 10.6. The summed E-state index contributed by atoms with van der Waals surface area (Å²) in [7, 11) is 0. The highest BCUT2D eigenvalue weighted by Gasteiger charge is 2.14. The molecule has 0 atom stereocenters. The molecule has 1 aromatic heterocycles. The summed E-state index contributed by atoms with van der Waals surface area (Å²) < 4.78 is 0. The van der Waals surface area contributed by atoms with Gasteiger partial charge in [-0.3, -0.25) is 4.79 Å². The van der Waals surface area contributed by atoms with Crippen LogP contribution < -0.4 is 0 Å². The Kier molecular flexibility index (Phi) is 5.24. The number of benzene rings is 1. The molecular weight excluding hydrogens is 294 g/mol. The molecule has 0 aliphatic heterocycles. The van der Waals surface area contributed by atoms with Gasteiger partial charge in [0.15, 0.2) is 0 Å². The van der Waals surface area contributed by atoms with Crippen molar-refractivity contribution in [1.82, 2.24) is 25.1 Å². The first-order valence-electron chi connectivity index (χ1n) is 6.56. The molecule has 1 amide bonds. The SMILES string of the molecule is CCN(CCO)C(=O)Cn1nnc(-c2ccc(Cl)cc2)n1. The Hall–Kier alpha value is -1.99. The van der Waals surface area contributed by atoms with E-state index in [1.807, 2.05) is 6.92 Å². The molecule has 8 heteroatoms. The zero-order valence-electron chi connectivity index (χ0n) is 11.6. The summed E-state index contributed by atoms with van der Waals surface area (Å²) in [6, 6.07) is 7.05. The summed E-state index contributed by atoms with van der Waals surface area (Å²) in [5, 5.41) is 21.5. The quantitative estimate of drug-likeness (QED) is 0.854. The number of aliphatic hydroxyl groups is 1. The smallest absolute Gasteiger partial charge is 0.246 e. The molecule has 0 saturated carbocycles. The van der Waals surface area contributed by atoms with E-state index < -0.39 is 0 Å². The van der Waals surface area contributed by atoms with Gasteiger partial charge in [0.25, 0.3) is 0 Å². The van der Waals surface area contributed by atoms with Gasteiger partial charge in [0.05, 0.1) is 6.61 Å². The first-order valence-corrected chi connectivity index (χ1v) is 6.94. The Labute approximate surface area is 127 Å². The van der Waals surface area contributed by atoms with Crippen LogP contribution in [0.4, 0.5) is 0 Å². The number of aromatic nitrogens is 4. The standard InChI is InChI=1S/C13H16ClN5O2/c1-2-18(7-8-20)12(21)9-19-16-13(15-17-19)10-3-5-11(14)6-4-10/h3-6,20H,2,7-9H2,1H3. The van der Waals surface area contributed by atoms with Crippen molar-refractivity contribution in [3.8, 4) is 11.4 Å². The van der Waals surface area contributed by atoms with Crippen LogP contribution in [0.5, 0.6) is 0 Å². The van der Waals surface area contributed by atoms with Crippen LogP contribution in [0.2, 0.25) is 5.02 Å². The number of carbonyl (C=O) groups excluding carboxylic acids is 1. The lowest BCUT2D eigenvalue weighted by molar-refractivity contribution is -0.132. The Morgan fingerprint density at radius 2 is 2.10 bits per heavy atom. The molecule has 7 nitrogen and oxygen atoms in total. The van der Waals surface area contributed by atoms with E-state index in [1.165, 1.54) is 9.70 Å². The van der Waals surface area contributed by atoms with Crippen LogP contribution in [-0.4, -0.2) is 55.8 Å². The van der Waals surface area contributed by atoms with Gasteiger partial charge in [0.1, 0.15) is 6.54 Å². The third-order valence-corrected chi connectivity index (χ3v) is 3.19. The third kappa shape index (κ3) is 3.99. The maximum atomic E-state index is 12.0. The van der Waals surface area contributed by atoms with E-state index in [2.05, 4.69) is 15.4 Å². The summed E-state index contributed by atoms with van der Waals surface area (Å²) in [5.41, 5.74) is 0.779. The number of likely N-dealkylation sites (N-methyl/N-ethyl adjacent to an activating group) is 1. The molecular formula is C13H16ClN5O2. The number of amides is 1. The molecule has 1 heterocycles. The van der Waals surface area contributed by atoms with Gasteiger partial charge in [-0.1, -0.05) is 11.6 Å². The first kappa shape index (κ1) is 15.4. The Balaban J connectivity index is 2.06. The van der Waals surface area contributed by atoms with Gasteiger partial charge in [-0.25, -0.2) is 0 Å². The summed E-state index contributed by atoms with van der Waals surface area (Å²) in [6.45, 7) is 2.60. The van der Waals surface area contributed by atoms with Crippen LogP contribution in [0.25, 0.3) is 11.4 Å².